The van der Waals surface area contributed by atoms with Crippen molar-refractivity contribution < 1.29 is 24.3 Å². The monoisotopic (exact) mass is 1000 g/mol. The number of H-pyrrole nitrogens is 1. The zero-order valence-corrected chi connectivity index (χ0v) is 42.8. The van der Waals surface area contributed by atoms with Crippen LogP contribution in [0.1, 0.15) is 133 Å². The second-order valence-electron chi connectivity index (χ2n) is 20.0. The van der Waals surface area contributed by atoms with Gasteiger partial charge in [0.25, 0.3) is 0 Å². The fourth-order valence-corrected chi connectivity index (χ4v) is 9.50. The molecule has 18 nitrogen and oxygen atoms in total. The summed E-state index contributed by atoms with van der Waals surface area (Å²) in [6.45, 7) is 10.6. The molecule has 1 aliphatic heterocycles. The van der Waals surface area contributed by atoms with Gasteiger partial charge < -0.3 is 41.9 Å². The first-order chi connectivity index (χ1) is 34.6. The number of β-amino-alcohol motifs (C(OH)–C–C–N with tert-alkyl or cyclic N) is 1. The summed E-state index contributed by atoms with van der Waals surface area (Å²) >= 11 is 1.58. The number of aliphatic hydroxyl groups is 1. The summed E-state index contributed by atoms with van der Waals surface area (Å²) in [6.07, 6.45) is 7.12. The summed E-state index contributed by atoms with van der Waals surface area (Å²) in [5.74, 6) is 1.76. The molecule has 5 aromatic rings. The van der Waals surface area contributed by atoms with E-state index in [9.17, 15) is 24.3 Å². The third-order valence-corrected chi connectivity index (χ3v) is 13.9. The van der Waals surface area contributed by atoms with E-state index in [1.807, 2.05) is 101 Å². The van der Waals surface area contributed by atoms with Gasteiger partial charge >= 0.3 is 0 Å². The van der Waals surface area contributed by atoms with Gasteiger partial charge in [0.1, 0.15) is 23.7 Å². The first-order valence-electron chi connectivity index (χ1n) is 25.2. The van der Waals surface area contributed by atoms with Crippen LogP contribution in [0.15, 0.2) is 66.2 Å². The van der Waals surface area contributed by atoms with E-state index < -0.39 is 23.6 Å². The molecule has 3 aromatic heterocycles. The predicted octanol–water partition coefficient (Wildman–Crippen LogP) is 8.08. The SMILES string of the molecule is Cc1ncsc1-c1ccc(C(C)NC(=O)C2CC(O)CN2C(=O)C(NC(=O)CCCCCCCC(=O)NCCCNc2cc(Nc3cc(C4CC4)[nH]n3)nc(Nc3ccc(CC#N)cc3)n2)C(C)(C)C)cc1. The molecule has 7 rings (SSSR count). The third-order valence-electron chi connectivity index (χ3n) is 12.9. The number of amides is 4. The molecule has 4 atom stereocenters. The van der Waals surface area contributed by atoms with Gasteiger partial charge in [-0.1, -0.05) is 76.4 Å². The highest BCUT2D eigenvalue weighted by atomic mass is 32.1. The van der Waals surface area contributed by atoms with Gasteiger partial charge in [-0.15, -0.1) is 11.3 Å². The van der Waals surface area contributed by atoms with Crippen LogP contribution >= 0.6 is 11.3 Å². The molecule has 2 aromatic carbocycles. The number of hydrogen-bond donors (Lipinski definition) is 8. The van der Waals surface area contributed by atoms with Crippen LogP contribution < -0.4 is 31.9 Å². The molecule has 1 aliphatic carbocycles. The molecule has 72 heavy (non-hydrogen) atoms. The summed E-state index contributed by atoms with van der Waals surface area (Å²) in [7, 11) is 0. The van der Waals surface area contributed by atoms with Gasteiger partial charge in [0, 0.05) is 68.3 Å². The van der Waals surface area contributed by atoms with Crippen LogP contribution in [0.25, 0.3) is 10.4 Å². The van der Waals surface area contributed by atoms with Crippen LogP contribution in [0.2, 0.25) is 0 Å². The van der Waals surface area contributed by atoms with Crippen LogP contribution in [-0.2, 0) is 25.6 Å². The molecule has 2 fully saturated rings. The lowest BCUT2D eigenvalue weighted by atomic mass is 9.85. The van der Waals surface area contributed by atoms with E-state index in [-0.39, 0.29) is 49.1 Å². The number of likely N-dealkylation sites (tertiary alicyclic amines) is 1. The Balaban J connectivity index is 0.785. The molecule has 4 amide bonds. The van der Waals surface area contributed by atoms with Crippen LogP contribution in [0.3, 0.4) is 0 Å². The Bertz CT molecular complexity index is 2650. The van der Waals surface area contributed by atoms with Crippen molar-refractivity contribution in [1.82, 2.24) is 46.0 Å². The van der Waals surface area contributed by atoms with E-state index in [1.54, 1.807) is 11.3 Å². The minimum absolute atomic E-state index is 0.00658. The molecule has 1 saturated carbocycles. The number of thiazole rings is 1. The van der Waals surface area contributed by atoms with Crippen LogP contribution in [0, 0.1) is 23.7 Å². The Morgan fingerprint density at radius 3 is 2.26 bits per heavy atom. The minimum atomic E-state index is -0.891. The molecule has 4 heterocycles. The number of aromatic amines is 1. The quantitative estimate of drug-likeness (QED) is 0.0258. The summed E-state index contributed by atoms with van der Waals surface area (Å²) in [5, 5.41) is 46.1. The van der Waals surface area contributed by atoms with Crippen molar-refractivity contribution in [2.75, 3.05) is 35.6 Å². The predicted molar refractivity (Wildman–Crippen MR) is 280 cm³/mol. The van der Waals surface area contributed by atoms with E-state index in [2.05, 4.69) is 63.1 Å². The number of anilines is 5. The van der Waals surface area contributed by atoms with E-state index in [1.165, 1.54) is 4.90 Å². The minimum Gasteiger partial charge on any atom is -0.391 e. The van der Waals surface area contributed by atoms with Crippen molar-refractivity contribution in [2.24, 2.45) is 5.41 Å². The summed E-state index contributed by atoms with van der Waals surface area (Å²) < 4.78 is 0. The normalized spacial score (nSPS) is 16.3. The molecule has 8 N–H and O–H groups in total. The van der Waals surface area contributed by atoms with Gasteiger partial charge in [0.05, 0.1) is 40.7 Å². The van der Waals surface area contributed by atoms with E-state index in [0.29, 0.717) is 68.1 Å². The third kappa shape index (κ3) is 15.3. The molecule has 19 heteroatoms. The van der Waals surface area contributed by atoms with Gasteiger partial charge in [0.15, 0.2) is 5.82 Å². The fraction of sp³-hybridized carbons (Fsp3) is 0.491. The fourth-order valence-electron chi connectivity index (χ4n) is 8.69. The number of benzene rings is 2. The van der Waals surface area contributed by atoms with Crippen molar-refractivity contribution in [3.63, 3.8) is 0 Å². The molecule has 2 aliphatic rings. The maximum Gasteiger partial charge on any atom is 0.246 e. The largest absolute Gasteiger partial charge is 0.391 e. The second kappa shape index (κ2) is 25.0. The Labute approximate surface area is 426 Å². The van der Waals surface area contributed by atoms with Crippen LogP contribution in [-0.4, -0.2) is 96.6 Å². The average molecular weight is 1000 g/mol. The molecule has 382 valence electrons. The number of unbranched alkanes of at least 4 members (excludes halogenated alkanes) is 4. The highest BCUT2D eigenvalue weighted by molar-refractivity contribution is 7.13. The van der Waals surface area contributed by atoms with E-state index in [4.69, 9.17) is 5.26 Å². The van der Waals surface area contributed by atoms with Gasteiger partial charge in [0.2, 0.25) is 29.6 Å². The smallest absolute Gasteiger partial charge is 0.246 e. The Hall–Kier alpha value is -6.91. The number of rotatable bonds is 25. The van der Waals surface area contributed by atoms with E-state index in [0.717, 1.165) is 77.2 Å². The molecular weight excluding hydrogens is 931 g/mol. The maximum atomic E-state index is 14.1. The van der Waals surface area contributed by atoms with Gasteiger partial charge in [-0.3, -0.25) is 24.3 Å². The highest BCUT2D eigenvalue weighted by Crippen LogP contribution is 2.40. The lowest BCUT2D eigenvalue weighted by Gasteiger charge is -2.35. The average Bonchev–Trinajstić information content (AvgIpc) is 3.72. The lowest BCUT2D eigenvalue weighted by Crippen LogP contribution is -2.57. The van der Waals surface area contributed by atoms with E-state index >= 15 is 0 Å². The van der Waals surface area contributed by atoms with Crippen LogP contribution in [0.4, 0.5) is 29.1 Å². The molecule has 0 spiro atoms. The molecule has 0 bridgehead atoms. The number of nitriles is 1. The number of aliphatic hydroxyl groups excluding tert-OH is 1. The van der Waals surface area contributed by atoms with Crippen molar-refractivity contribution in [1.29, 1.82) is 5.26 Å². The van der Waals surface area contributed by atoms with Crippen molar-refractivity contribution in [2.45, 2.75) is 142 Å². The summed E-state index contributed by atoms with van der Waals surface area (Å²) in [5.41, 5.74) is 6.91. The number of nitrogens with zero attached hydrogens (tertiary/aromatic N) is 6. The number of aryl methyl sites for hydroxylation is 1. The summed E-state index contributed by atoms with van der Waals surface area (Å²) in [4.78, 5) is 69.8. The highest BCUT2D eigenvalue weighted by Gasteiger charge is 2.44. The van der Waals surface area contributed by atoms with Crippen molar-refractivity contribution in [3.05, 3.63) is 88.7 Å². The Kier molecular flexibility index (Phi) is 18.3. The van der Waals surface area contributed by atoms with Crippen LogP contribution in [0.5, 0.6) is 0 Å². The molecule has 4 unspecified atom stereocenters. The number of carbonyl (C=O) groups is 4. The van der Waals surface area contributed by atoms with Crippen molar-refractivity contribution >= 4 is 64.1 Å². The molecule has 0 radical (unpaired) electrons. The van der Waals surface area contributed by atoms with Gasteiger partial charge in [-0.05, 0) is 80.2 Å². The summed E-state index contributed by atoms with van der Waals surface area (Å²) in [6, 6.07) is 19.4. The number of nitrogens with one attached hydrogen (secondary N) is 7. The number of hydrogen-bond acceptors (Lipinski definition) is 14. The maximum absolute atomic E-state index is 14.1. The zero-order chi connectivity index (χ0) is 51.2. The first-order valence-corrected chi connectivity index (χ1v) is 26.0. The number of carbonyl (C=O) groups excluding carboxylic acids is 4. The Morgan fingerprint density at radius 1 is 0.875 bits per heavy atom. The number of aromatic nitrogens is 5. The lowest BCUT2D eigenvalue weighted by molar-refractivity contribution is -0.144. The first kappa shape index (κ1) is 52.9. The van der Waals surface area contributed by atoms with Gasteiger partial charge in [-0.25, -0.2) is 4.98 Å². The van der Waals surface area contributed by atoms with Gasteiger partial charge in [-0.2, -0.15) is 20.3 Å². The second-order valence-corrected chi connectivity index (χ2v) is 20.9. The zero-order valence-electron chi connectivity index (χ0n) is 42.0. The Morgan fingerprint density at radius 2 is 1.58 bits per heavy atom. The topological polar surface area (TPSA) is 255 Å². The van der Waals surface area contributed by atoms with Crippen molar-refractivity contribution in [3.8, 4) is 16.5 Å². The standard InChI is InChI=1S/C53H69N13O5S/c1-33(36-16-20-38(21-17-36)48-34(2)57-32-72-48)58-50(70)42-28-40(67)31-66(42)51(71)49(53(3,4)5)63-47(69)13-10-8-6-7-9-12-46(68)56-27-11-26-55-43-30-44(60-45-29-41(64-65-45)37-18-19-37)62-52(61-43)59-39-22-14-35(15-23-39)24-25-54/h14-17,20-23,29-30,32-33,37,40,42,49,67H,6-13,18-19,24,26-28,31H2,1-5H3,(H,56,68)(H,58,70)(H,63,69)(H4,55,59,60,61,62,64,65). The molecule has 1 saturated heterocycles. The molecular formula is C53H69N13O5S.